The van der Waals surface area contributed by atoms with Crippen molar-refractivity contribution >= 4 is 17.4 Å². The Morgan fingerprint density at radius 2 is 2.30 bits per heavy atom. The van der Waals surface area contributed by atoms with Gasteiger partial charge in [0.2, 0.25) is 0 Å². The third kappa shape index (κ3) is 3.04. The number of amides is 1. The van der Waals surface area contributed by atoms with E-state index < -0.39 is 10.8 Å². The maximum atomic E-state index is 12.1. The van der Waals surface area contributed by atoms with Gasteiger partial charge in [0.1, 0.15) is 17.6 Å². The molecule has 0 bridgehead atoms. The van der Waals surface area contributed by atoms with Crippen molar-refractivity contribution in [3.8, 4) is 0 Å². The second kappa shape index (κ2) is 5.44. The van der Waals surface area contributed by atoms with Crippen LogP contribution >= 0.6 is 0 Å². The van der Waals surface area contributed by atoms with E-state index in [1.807, 2.05) is 0 Å². The Labute approximate surface area is 116 Å². The molecule has 0 atom stereocenters. The molecule has 2 rings (SSSR count). The molecule has 0 radical (unpaired) electrons. The van der Waals surface area contributed by atoms with Crippen LogP contribution in [0.15, 0.2) is 12.3 Å². The fourth-order valence-corrected chi connectivity index (χ4v) is 2.38. The summed E-state index contributed by atoms with van der Waals surface area (Å²) in [4.78, 5) is 26.0. The highest BCUT2D eigenvalue weighted by Crippen LogP contribution is 2.48. The predicted octanol–water partition coefficient (Wildman–Crippen LogP) is 1.88. The molecular weight excluding hydrogens is 260 g/mol. The van der Waals surface area contributed by atoms with Gasteiger partial charge in [-0.2, -0.15) is 0 Å². The minimum Gasteiger partial charge on any atom is -0.384 e. The monoisotopic (exact) mass is 278 g/mol. The molecule has 3 N–H and O–H groups in total. The number of hydrogen-bond acceptors (Lipinski definition) is 5. The van der Waals surface area contributed by atoms with E-state index in [9.17, 15) is 14.9 Å². The smallest absolute Gasteiger partial charge is 0.300 e. The predicted molar refractivity (Wildman–Crippen MR) is 74.2 cm³/mol. The van der Waals surface area contributed by atoms with Crippen LogP contribution in [0.25, 0.3) is 0 Å². The molecule has 1 aliphatic carbocycles. The molecule has 20 heavy (non-hydrogen) atoms. The van der Waals surface area contributed by atoms with Crippen molar-refractivity contribution in [1.82, 2.24) is 10.3 Å². The zero-order valence-electron chi connectivity index (χ0n) is 11.4. The van der Waals surface area contributed by atoms with Gasteiger partial charge in [-0.1, -0.05) is 13.3 Å². The molecule has 0 aromatic carbocycles. The van der Waals surface area contributed by atoms with E-state index in [0.29, 0.717) is 6.54 Å². The molecule has 1 saturated carbocycles. The van der Waals surface area contributed by atoms with Crippen molar-refractivity contribution in [2.75, 3.05) is 12.3 Å². The molecule has 1 aliphatic rings. The quantitative estimate of drug-likeness (QED) is 0.609. The topological polar surface area (TPSA) is 111 Å². The summed E-state index contributed by atoms with van der Waals surface area (Å²) in [5.74, 6) is -0.372. The van der Waals surface area contributed by atoms with Gasteiger partial charge in [0.15, 0.2) is 0 Å². The molecule has 0 spiro atoms. The van der Waals surface area contributed by atoms with E-state index in [1.165, 1.54) is 6.07 Å². The zero-order chi connectivity index (χ0) is 14.8. The van der Waals surface area contributed by atoms with Crippen LogP contribution in [0.4, 0.5) is 11.5 Å². The lowest BCUT2D eigenvalue weighted by molar-refractivity contribution is -0.385. The van der Waals surface area contributed by atoms with Crippen LogP contribution in [0, 0.1) is 15.5 Å². The molecule has 1 amide bonds. The fourth-order valence-electron chi connectivity index (χ4n) is 2.38. The number of nitrogens with zero attached hydrogens (tertiary/aromatic N) is 2. The van der Waals surface area contributed by atoms with Crippen molar-refractivity contribution < 1.29 is 9.72 Å². The molecule has 7 heteroatoms. The SMILES string of the molecule is CCCC1(CNC(=O)c2cc(N)ncc2[N+](=O)[O-])CC1. The summed E-state index contributed by atoms with van der Waals surface area (Å²) in [5, 5.41) is 13.7. The first kappa shape index (κ1) is 14.2. The number of aromatic nitrogens is 1. The summed E-state index contributed by atoms with van der Waals surface area (Å²) in [6.07, 6.45) is 5.35. The van der Waals surface area contributed by atoms with Crippen molar-refractivity contribution in [2.45, 2.75) is 32.6 Å². The highest BCUT2D eigenvalue weighted by Gasteiger charge is 2.41. The number of nitrogen functional groups attached to an aromatic ring is 1. The number of nitro groups is 1. The fraction of sp³-hybridized carbons (Fsp3) is 0.538. The van der Waals surface area contributed by atoms with E-state index in [2.05, 4.69) is 17.2 Å². The number of pyridine rings is 1. The Balaban J connectivity index is 2.09. The van der Waals surface area contributed by atoms with E-state index in [0.717, 1.165) is 31.9 Å². The average molecular weight is 278 g/mol. The van der Waals surface area contributed by atoms with E-state index in [4.69, 9.17) is 5.73 Å². The van der Waals surface area contributed by atoms with Crippen LogP contribution in [0.5, 0.6) is 0 Å². The van der Waals surface area contributed by atoms with Crippen LogP contribution in [-0.4, -0.2) is 22.4 Å². The van der Waals surface area contributed by atoms with E-state index in [-0.39, 0.29) is 22.5 Å². The Bertz CT molecular complexity index is 540. The van der Waals surface area contributed by atoms with Crippen LogP contribution < -0.4 is 11.1 Å². The maximum Gasteiger partial charge on any atom is 0.300 e. The second-order valence-corrected chi connectivity index (χ2v) is 5.32. The van der Waals surface area contributed by atoms with Crippen molar-refractivity contribution in [3.63, 3.8) is 0 Å². The maximum absolute atomic E-state index is 12.1. The van der Waals surface area contributed by atoms with Gasteiger partial charge >= 0.3 is 0 Å². The van der Waals surface area contributed by atoms with Crippen LogP contribution in [0.1, 0.15) is 43.0 Å². The van der Waals surface area contributed by atoms with Gasteiger partial charge in [-0.05, 0) is 30.7 Å². The summed E-state index contributed by atoms with van der Waals surface area (Å²) in [6, 6.07) is 1.24. The molecule has 1 aromatic heterocycles. The first-order valence-corrected chi connectivity index (χ1v) is 6.65. The first-order valence-electron chi connectivity index (χ1n) is 6.65. The summed E-state index contributed by atoms with van der Waals surface area (Å²) in [6.45, 7) is 2.66. The number of nitrogens with two attached hydrogens (primary N) is 1. The minimum atomic E-state index is -0.625. The lowest BCUT2D eigenvalue weighted by Crippen LogP contribution is -2.30. The third-order valence-electron chi connectivity index (χ3n) is 3.71. The highest BCUT2D eigenvalue weighted by molar-refractivity contribution is 5.98. The van der Waals surface area contributed by atoms with Crippen LogP contribution in [0.3, 0.4) is 0 Å². The Morgan fingerprint density at radius 1 is 1.60 bits per heavy atom. The molecule has 108 valence electrons. The first-order chi connectivity index (χ1) is 9.47. The van der Waals surface area contributed by atoms with E-state index in [1.54, 1.807) is 0 Å². The second-order valence-electron chi connectivity index (χ2n) is 5.32. The largest absolute Gasteiger partial charge is 0.384 e. The van der Waals surface area contributed by atoms with Crippen molar-refractivity contribution in [1.29, 1.82) is 0 Å². The molecule has 1 heterocycles. The number of hydrogen-bond donors (Lipinski definition) is 2. The molecule has 0 unspecified atom stereocenters. The standard InChI is InChI=1S/C13H18N4O3/c1-2-3-13(4-5-13)8-16-12(18)9-6-11(14)15-7-10(9)17(19)20/h6-7H,2-5,8H2,1H3,(H2,14,15)(H,16,18). The molecule has 7 nitrogen and oxygen atoms in total. The number of anilines is 1. The van der Waals surface area contributed by atoms with Crippen molar-refractivity contribution in [2.24, 2.45) is 5.41 Å². The van der Waals surface area contributed by atoms with Crippen LogP contribution in [0.2, 0.25) is 0 Å². The summed E-state index contributed by atoms with van der Waals surface area (Å²) < 4.78 is 0. The third-order valence-corrected chi connectivity index (χ3v) is 3.71. The van der Waals surface area contributed by atoms with Gasteiger partial charge in [0, 0.05) is 6.54 Å². The summed E-state index contributed by atoms with van der Waals surface area (Å²) in [7, 11) is 0. The van der Waals surface area contributed by atoms with Gasteiger partial charge in [0.05, 0.1) is 4.92 Å². The molecular formula is C13H18N4O3. The number of rotatable bonds is 6. The minimum absolute atomic E-state index is 0.0326. The summed E-state index contributed by atoms with van der Waals surface area (Å²) in [5.41, 5.74) is 5.33. The Kier molecular flexibility index (Phi) is 3.87. The zero-order valence-corrected chi connectivity index (χ0v) is 11.4. The van der Waals surface area contributed by atoms with E-state index >= 15 is 0 Å². The molecule has 1 aromatic rings. The van der Waals surface area contributed by atoms with Crippen LogP contribution in [-0.2, 0) is 0 Å². The number of nitrogens with one attached hydrogen (secondary N) is 1. The number of carbonyl (C=O) groups is 1. The van der Waals surface area contributed by atoms with Crippen molar-refractivity contribution in [3.05, 3.63) is 27.9 Å². The summed E-state index contributed by atoms with van der Waals surface area (Å²) >= 11 is 0. The van der Waals surface area contributed by atoms with Gasteiger partial charge in [-0.25, -0.2) is 4.98 Å². The lowest BCUT2D eigenvalue weighted by atomic mass is 10.0. The molecule has 1 fully saturated rings. The van der Waals surface area contributed by atoms with Gasteiger partial charge in [-0.3, -0.25) is 14.9 Å². The lowest BCUT2D eigenvalue weighted by Gasteiger charge is -2.14. The highest BCUT2D eigenvalue weighted by atomic mass is 16.6. The van der Waals surface area contributed by atoms with Gasteiger partial charge < -0.3 is 11.1 Å². The van der Waals surface area contributed by atoms with Gasteiger partial charge in [-0.15, -0.1) is 0 Å². The van der Waals surface area contributed by atoms with Gasteiger partial charge in [0.25, 0.3) is 11.6 Å². The Morgan fingerprint density at radius 3 is 2.85 bits per heavy atom. The number of carbonyl (C=O) groups excluding carboxylic acids is 1. The normalized spacial score (nSPS) is 15.7. The Hall–Kier alpha value is -2.18. The molecule has 0 saturated heterocycles. The molecule has 0 aliphatic heterocycles. The average Bonchev–Trinajstić information content (AvgIpc) is 3.16.